The Bertz CT molecular complexity index is 685. The number of carbonyl (C=O) groups is 1. The molecule has 25 heavy (non-hydrogen) atoms. The summed E-state index contributed by atoms with van der Waals surface area (Å²) in [5.41, 5.74) is 0.509. The van der Waals surface area contributed by atoms with Crippen LogP contribution in [0.25, 0.3) is 0 Å². The first-order valence-electron chi connectivity index (χ1n) is 7.73. The zero-order valence-electron chi connectivity index (χ0n) is 13.7. The van der Waals surface area contributed by atoms with Gasteiger partial charge in [-0.2, -0.15) is 13.2 Å². The molecule has 3 N–H and O–H groups in total. The minimum atomic E-state index is -4.40. The van der Waals surface area contributed by atoms with E-state index in [1.807, 2.05) is 7.05 Å². The third-order valence-corrected chi connectivity index (χ3v) is 3.36. The number of rotatable bonds is 7. The van der Waals surface area contributed by atoms with Gasteiger partial charge in [0, 0.05) is 24.0 Å². The van der Waals surface area contributed by atoms with Gasteiger partial charge in [0.1, 0.15) is 5.82 Å². The van der Waals surface area contributed by atoms with E-state index in [4.69, 9.17) is 0 Å². The zero-order chi connectivity index (χ0) is 18.3. The van der Waals surface area contributed by atoms with E-state index in [2.05, 4.69) is 20.9 Å². The second-order valence-corrected chi connectivity index (χ2v) is 5.39. The number of anilines is 3. The number of nitrogens with zero attached hydrogens (tertiary/aromatic N) is 1. The lowest BCUT2D eigenvalue weighted by Gasteiger charge is -2.10. The molecule has 0 bridgehead atoms. The lowest BCUT2D eigenvalue weighted by Crippen LogP contribution is -2.15. The van der Waals surface area contributed by atoms with Crippen LogP contribution in [-0.4, -0.2) is 24.5 Å². The SMILES string of the molecule is CNCCCC(=O)Nc1ccc(Nc2ccc(C(F)(F)F)cn2)cc1. The second-order valence-electron chi connectivity index (χ2n) is 5.39. The van der Waals surface area contributed by atoms with Crippen LogP contribution in [0.1, 0.15) is 18.4 Å². The second kappa shape index (κ2) is 8.48. The van der Waals surface area contributed by atoms with Gasteiger partial charge in [0.2, 0.25) is 5.91 Å². The Labute approximate surface area is 143 Å². The molecule has 0 saturated heterocycles. The summed E-state index contributed by atoms with van der Waals surface area (Å²) in [7, 11) is 1.83. The number of alkyl halides is 3. The molecule has 0 aliphatic carbocycles. The number of hydrogen-bond acceptors (Lipinski definition) is 4. The van der Waals surface area contributed by atoms with Gasteiger partial charge in [-0.25, -0.2) is 4.98 Å². The molecule has 5 nitrogen and oxygen atoms in total. The van der Waals surface area contributed by atoms with Gasteiger partial charge in [-0.15, -0.1) is 0 Å². The predicted molar refractivity (Wildman–Crippen MR) is 90.8 cm³/mol. The van der Waals surface area contributed by atoms with E-state index in [0.717, 1.165) is 25.2 Å². The topological polar surface area (TPSA) is 66.1 Å². The highest BCUT2D eigenvalue weighted by Crippen LogP contribution is 2.29. The lowest BCUT2D eigenvalue weighted by atomic mass is 10.2. The van der Waals surface area contributed by atoms with E-state index < -0.39 is 11.7 Å². The molecule has 0 spiro atoms. The molecule has 1 aromatic heterocycles. The van der Waals surface area contributed by atoms with Gasteiger partial charge in [0.05, 0.1) is 5.56 Å². The summed E-state index contributed by atoms with van der Waals surface area (Å²) in [5.74, 6) is 0.234. The minimum absolute atomic E-state index is 0.0691. The number of benzene rings is 1. The van der Waals surface area contributed by atoms with Crippen molar-refractivity contribution >= 4 is 23.1 Å². The molecule has 0 saturated carbocycles. The standard InChI is InChI=1S/C17H19F3N4O/c1-21-10-2-3-16(25)24-14-7-5-13(6-8-14)23-15-9-4-12(11-22-15)17(18,19)20/h4-9,11,21H,2-3,10H2,1H3,(H,22,23)(H,24,25). The summed E-state index contributed by atoms with van der Waals surface area (Å²) in [5, 5.41) is 8.66. The Balaban J connectivity index is 1.90. The van der Waals surface area contributed by atoms with E-state index in [1.54, 1.807) is 24.3 Å². The average Bonchev–Trinajstić information content (AvgIpc) is 2.57. The Morgan fingerprint density at radius 2 is 1.76 bits per heavy atom. The molecular formula is C17H19F3N4O. The van der Waals surface area contributed by atoms with Crippen LogP contribution < -0.4 is 16.0 Å². The molecule has 134 valence electrons. The quantitative estimate of drug-likeness (QED) is 0.664. The molecule has 0 aliphatic rings. The van der Waals surface area contributed by atoms with E-state index in [0.29, 0.717) is 23.6 Å². The lowest BCUT2D eigenvalue weighted by molar-refractivity contribution is -0.137. The van der Waals surface area contributed by atoms with E-state index >= 15 is 0 Å². The van der Waals surface area contributed by atoms with Crippen molar-refractivity contribution in [3.05, 3.63) is 48.2 Å². The Hall–Kier alpha value is -2.61. The van der Waals surface area contributed by atoms with Gasteiger partial charge >= 0.3 is 6.18 Å². The molecule has 0 fully saturated rings. The molecule has 0 unspecified atom stereocenters. The maximum absolute atomic E-state index is 12.5. The van der Waals surface area contributed by atoms with E-state index in [9.17, 15) is 18.0 Å². The molecule has 2 rings (SSSR count). The van der Waals surface area contributed by atoms with Crippen LogP contribution in [0.3, 0.4) is 0 Å². The maximum Gasteiger partial charge on any atom is 0.417 e. The van der Waals surface area contributed by atoms with E-state index in [1.165, 1.54) is 6.07 Å². The molecular weight excluding hydrogens is 333 g/mol. The number of aromatic nitrogens is 1. The Morgan fingerprint density at radius 1 is 1.08 bits per heavy atom. The molecule has 1 amide bonds. The van der Waals surface area contributed by atoms with Crippen molar-refractivity contribution in [2.75, 3.05) is 24.2 Å². The van der Waals surface area contributed by atoms with Crippen LogP contribution in [0.2, 0.25) is 0 Å². The van der Waals surface area contributed by atoms with Gasteiger partial charge in [0.25, 0.3) is 0 Å². The third kappa shape index (κ3) is 6.07. The number of pyridine rings is 1. The fourth-order valence-electron chi connectivity index (χ4n) is 2.07. The number of carbonyl (C=O) groups excluding carboxylic acids is 1. The highest BCUT2D eigenvalue weighted by atomic mass is 19.4. The van der Waals surface area contributed by atoms with Crippen LogP contribution in [-0.2, 0) is 11.0 Å². The first-order chi connectivity index (χ1) is 11.9. The van der Waals surface area contributed by atoms with Crippen LogP contribution in [0, 0.1) is 0 Å². The fraction of sp³-hybridized carbons (Fsp3) is 0.294. The van der Waals surface area contributed by atoms with Crippen molar-refractivity contribution in [2.45, 2.75) is 19.0 Å². The predicted octanol–water partition coefficient (Wildman–Crippen LogP) is 3.78. The number of hydrogen-bond donors (Lipinski definition) is 3. The van der Waals surface area contributed by atoms with Gasteiger partial charge in [-0.05, 0) is 56.4 Å². The fourth-order valence-corrected chi connectivity index (χ4v) is 2.07. The molecule has 2 aromatic rings. The molecule has 8 heteroatoms. The summed E-state index contributed by atoms with van der Waals surface area (Å²) < 4.78 is 37.5. The van der Waals surface area contributed by atoms with Crippen LogP contribution in [0.15, 0.2) is 42.6 Å². The van der Waals surface area contributed by atoms with Crippen molar-refractivity contribution in [1.82, 2.24) is 10.3 Å². The molecule has 1 heterocycles. The van der Waals surface area contributed by atoms with Crippen molar-refractivity contribution in [1.29, 1.82) is 0 Å². The summed E-state index contributed by atoms with van der Waals surface area (Å²) in [6.07, 6.45) is -2.45. The zero-order valence-corrected chi connectivity index (χ0v) is 13.7. The smallest absolute Gasteiger partial charge is 0.340 e. The van der Waals surface area contributed by atoms with Gasteiger partial charge in [-0.1, -0.05) is 0 Å². The first kappa shape index (κ1) is 18.7. The highest BCUT2D eigenvalue weighted by Gasteiger charge is 2.30. The van der Waals surface area contributed by atoms with E-state index in [-0.39, 0.29) is 5.91 Å². The Morgan fingerprint density at radius 3 is 2.32 bits per heavy atom. The van der Waals surface area contributed by atoms with Gasteiger partial charge < -0.3 is 16.0 Å². The van der Waals surface area contributed by atoms with Crippen molar-refractivity contribution < 1.29 is 18.0 Å². The average molecular weight is 352 g/mol. The summed E-state index contributed by atoms with van der Waals surface area (Å²) in [6.45, 7) is 0.774. The third-order valence-electron chi connectivity index (χ3n) is 3.36. The Kier molecular flexibility index (Phi) is 6.35. The van der Waals surface area contributed by atoms with Crippen LogP contribution in [0.4, 0.5) is 30.4 Å². The van der Waals surface area contributed by atoms with Crippen LogP contribution >= 0.6 is 0 Å². The number of nitrogens with one attached hydrogen (secondary N) is 3. The summed E-state index contributed by atoms with van der Waals surface area (Å²) >= 11 is 0. The van der Waals surface area contributed by atoms with Gasteiger partial charge in [0.15, 0.2) is 0 Å². The monoisotopic (exact) mass is 352 g/mol. The maximum atomic E-state index is 12.5. The normalized spacial score (nSPS) is 11.2. The first-order valence-corrected chi connectivity index (χ1v) is 7.73. The summed E-state index contributed by atoms with van der Waals surface area (Å²) in [4.78, 5) is 15.5. The van der Waals surface area contributed by atoms with Crippen LogP contribution in [0.5, 0.6) is 0 Å². The van der Waals surface area contributed by atoms with Crippen molar-refractivity contribution in [3.63, 3.8) is 0 Å². The number of amides is 1. The molecule has 0 aliphatic heterocycles. The number of halogens is 3. The van der Waals surface area contributed by atoms with Crippen molar-refractivity contribution in [3.8, 4) is 0 Å². The largest absolute Gasteiger partial charge is 0.417 e. The highest BCUT2D eigenvalue weighted by molar-refractivity contribution is 5.90. The molecule has 0 atom stereocenters. The molecule has 1 aromatic carbocycles. The molecule has 0 radical (unpaired) electrons. The summed E-state index contributed by atoms with van der Waals surface area (Å²) in [6, 6.07) is 9.07. The van der Waals surface area contributed by atoms with Gasteiger partial charge in [-0.3, -0.25) is 4.79 Å². The minimum Gasteiger partial charge on any atom is -0.340 e. The van der Waals surface area contributed by atoms with Crippen molar-refractivity contribution in [2.24, 2.45) is 0 Å².